The second-order valence-corrected chi connectivity index (χ2v) is 1.27. The Morgan fingerprint density at radius 2 is 2.12 bits per heavy atom. The molecule has 0 atom stereocenters. The molecule has 0 aromatic carbocycles. The molecule has 3 heteroatoms. The quantitative estimate of drug-likeness (QED) is 0.351. The molecule has 0 aromatic rings. The van der Waals surface area contributed by atoms with Gasteiger partial charge in [-0.05, 0) is 6.08 Å². The Morgan fingerprint density at radius 3 is 2.25 bits per heavy atom. The smallest absolute Gasteiger partial charge is 0.624 e. The molecule has 0 radical (unpaired) electrons. The van der Waals surface area contributed by atoms with Crippen molar-refractivity contribution in [3.63, 3.8) is 0 Å². The molecule has 0 aliphatic carbocycles. The molecule has 0 fully saturated rings. The van der Waals surface area contributed by atoms with E-state index in [1.54, 1.807) is 6.08 Å². The summed E-state index contributed by atoms with van der Waals surface area (Å²) in [5.74, 6) is -0.204. The van der Waals surface area contributed by atoms with Gasteiger partial charge in [0, 0.05) is 0 Å². The van der Waals surface area contributed by atoms with Crippen LogP contribution in [0.25, 0.3) is 5.32 Å². The summed E-state index contributed by atoms with van der Waals surface area (Å²) in [7, 11) is 0. The molecule has 0 aromatic heterocycles. The van der Waals surface area contributed by atoms with E-state index < -0.39 is 0 Å². The van der Waals surface area contributed by atoms with Crippen LogP contribution in [0.3, 0.4) is 0 Å². The molecule has 0 saturated heterocycles. The summed E-state index contributed by atoms with van der Waals surface area (Å²) in [5.41, 5.74) is 0.546. The zero-order valence-electron chi connectivity index (χ0n) is 4.72. The van der Waals surface area contributed by atoms with Crippen LogP contribution in [-0.4, -0.2) is 5.91 Å². The van der Waals surface area contributed by atoms with Crippen LogP contribution in [0.2, 0.25) is 0 Å². The number of allylic oxidation sites excluding steroid dienone is 1. The maximum atomic E-state index is 10.1. The van der Waals surface area contributed by atoms with Gasteiger partial charge in [-0.15, -0.1) is 12.3 Å². The molecule has 0 saturated carbocycles. The third-order valence-corrected chi connectivity index (χ3v) is 0.672. The van der Waals surface area contributed by atoms with Crippen LogP contribution < -0.4 is 51.4 Å². The molecule has 2 nitrogen and oxygen atoms in total. The SMILES string of the molecule is C=C1C=CC(=O)[N-]1.[K+]. The molecule has 1 amide bonds. The molecule has 1 heterocycles. The van der Waals surface area contributed by atoms with Crippen LogP contribution in [-0.2, 0) is 4.79 Å². The molecule has 0 bridgehead atoms. The number of carbonyl (C=O) groups excluding carboxylic acids is 1. The Balaban J connectivity index is 0.000000490. The fraction of sp³-hybridized carbons (Fsp3) is 0. The summed E-state index contributed by atoms with van der Waals surface area (Å²) in [5, 5.41) is 3.44. The minimum atomic E-state index is -0.204. The van der Waals surface area contributed by atoms with Gasteiger partial charge in [0.15, 0.2) is 0 Å². The zero-order valence-corrected chi connectivity index (χ0v) is 7.84. The van der Waals surface area contributed by atoms with Gasteiger partial charge < -0.3 is 10.1 Å². The van der Waals surface area contributed by atoms with Crippen molar-refractivity contribution in [1.29, 1.82) is 0 Å². The molecule has 1 aliphatic heterocycles. The van der Waals surface area contributed by atoms with Crippen LogP contribution in [0.15, 0.2) is 24.4 Å². The summed E-state index contributed by atoms with van der Waals surface area (Å²) >= 11 is 0. The van der Waals surface area contributed by atoms with Crippen molar-refractivity contribution in [1.82, 2.24) is 0 Å². The molecule has 0 unspecified atom stereocenters. The van der Waals surface area contributed by atoms with E-state index in [0.29, 0.717) is 5.70 Å². The Bertz CT molecular complexity index is 135. The van der Waals surface area contributed by atoms with Crippen molar-refractivity contribution in [3.05, 3.63) is 29.7 Å². The van der Waals surface area contributed by atoms with Crippen LogP contribution >= 0.6 is 0 Å². The molecule has 36 valence electrons. The number of hydrogen-bond acceptors (Lipinski definition) is 1. The molecule has 0 spiro atoms. The van der Waals surface area contributed by atoms with E-state index in [2.05, 4.69) is 11.9 Å². The Labute approximate surface area is 90.4 Å². The molecular weight excluding hydrogens is 129 g/mol. The van der Waals surface area contributed by atoms with Gasteiger partial charge in [-0.3, -0.25) is 0 Å². The largest absolute Gasteiger partial charge is 1.00 e. The number of amides is 1. The fourth-order valence-corrected chi connectivity index (χ4v) is 0.384. The second-order valence-electron chi connectivity index (χ2n) is 1.27. The van der Waals surface area contributed by atoms with E-state index in [4.69, 9.17) is 0 Å². The standard InChI is InChI=1S/C5H5NO.K/c1-4-2-3-5(7)6-4;/h2-3H,1H2,(H,6,7);/q;+1/p-1. The van der Waals surface area contributed by atoms with Crippen LogP contribution in [0.5, 0.6) is 0 Å². The van der Waals surface area contributed by atoms with Gasteiger partial charge in [-0.2, -0.15) is 0 Å². The average molecular weight is 133 g/mol. The minimum Gasteiger partial charge on any atom is -0.624 e. The van der Waals surface area contributed by atoms with Gasteiger partial charge in [0.25, 0.3) is 0 Å². The first kappa shape index (κ1) is 8.59. The van der Waals surface area contributed by atoms with Crippen molar-refractivity contribution in [2.75, 3.05) is 0 Å². The Kier molecular flexibility index (Phi) is 3.84. The molecular formula is C5H4KNO. The third-order valence-electron chi connectivity index (χ3n) is 0.672. The fourth-order valence-electron chi connectivity index (χ4n) is 0.384. The number of rotatable bonds is 0. The third kappa shape index (κ3) is 2.24. The number of carbonyl (C=O) groups is 1. The van der Waals surface area contributed by atoms with E-state index >= 15 is 0 Å². The van der Waals surface area contributed by atoms with Crippen molar-refractivity contribution in [3.8, 4) is 0 Å². The van der Waals surface area contributed by atoms with Crippen molar-refractivity contribution >= 4 is 5.91 Å². The van der Waals surface area contributed by atoms with E-state index in [1.165, 1.54) is 6.08 Å². The van der Waals surface area contributed by atoms with Crippen molar-refractivity contribution in [2.24, 2.45) is 0 Å². The summed E-state index contributed by atoms with van der Waals surface area (Å²) in [6.07, 6.45) is 2.98. The summed E-state index contributed by atoms with van der Waals surface area (Å²) in [6, 6.07) is 0. The predicted molar refractivity (Wildman–Crippen MR) is 26.6 cm³/mol. The van der Waals surface area contributed by atoms with Gasteiger partial charge in [-0.25, -0.2) is 0 Å². The first-order valence-corrected chi connectivity index (χ1v) is 1.92. The summed E-state index contributed by atoms with van der Waals surface area (Å²) < 4.78 is 0. The molecule has 0 N–H and O–H groups in total. The Hall–Kier alpha value is 0.586. The van der Waals surface area contributed by atoms with Crippen LogP contribution in [0.1, 0.15) is 0 Å². The second kappa shape index (κ2) is 3.58. The van der Waals surface area contributed by atoms with Gasteiger partial charge in [0.05, 0.1) is 5.91 Å². The van der Waals surface area contributed by atoms with Crippen molar-refractivity contribution < 1.29 is 56.2 Å². The molecule has 1 aliphatic rings. The minimum absolute atomic E-state index is 0. The zero-order chi connectivity index (χ0) is 5.28. The molecule has 8 heavy (non-hydrogen) atoms. The maximum Gasteiger partial charge on any atom is 1.00 e. The monoisotopic (exact) mass is 133 g/mol. The molecule has 1 rings (SSSR count). The van der Waals surface area contributed by atoms with Gasteiger partial charge in [0.1, 0.15) is 0 Å². The number of nitrogens with zero attached hydrogens (tertiary/aromatic N) is 1. The van der Waals surface area contributed by atoms with Crippen LogP contribution in [0, 0.1) is 0 Å². The van der Waals surface area contributed by atoms with Gasteiger partial charge in [-0.1, -0.05) is 6.08 Å². The first-order chi connectivity index (χ1) is 3.29. The van der Waals surface area contributed by atoms with E-state index in [1.807, 2.05) is 0 Å². The van der Waals surface area contributed by atoms with Gasteiger partial charge in [0.2, 0.25) is 0 Å². The average Bonchev–Trinajstić information content (AvgIpc) is 1.87. The van der Waals surface area contributed by atoms with Gasteiger partial charge >= 0.3 is 51.4 Å². The van der Waals surface area contributed by atoms with Crippen molar-refractivity contribution in [2.45, 2.75) is 0 Å². The Morgan fingerprint density at radius 1 is 1.50 bits per heavy atom. The van der Waals surface area contributed by atoms with E-state index in [-0.39, 0.29) is 57.3 Å². The maximum absolute atomic E-state index is 10.1. The van der Waals surface area contributed by atoms with Crippen LogP contribution in [0.4, 0.5) is 0 Å². The predicted octanol–water partition coefficient (Wildman–Crippen LogP) is -2.03. The summed E-state index contributed by atoms with van der Waals surface area (Å²) in [4.78, 5) is 10.1. The number of hydrogen-bond donors (Lipinski definition) is 0. The topological polar surface area (TPSA) is 31.2 Å². The summed E-state index contributed by atoms with van der Waals surface area (Å²) in [6.45, 7) is 3.43. The van der Waals surface area contributed by atoms with E-state index in [9.17, 15) is 4.79 Å². The first-order valence-electron chi connectivity index (χ1n) is 1.92. The van der Waals surface area contributed by atoms with E-state index in [0.717, 1.165) is 0 Å². The normalized spacial score (nSPS) is 15.5.